The third-order valence-electron chi connectivity index (χ3n) is 2.05. The Balaban J connectivity index is 0. The summed E-state index contributed by atoms with van der Waals surface area (Å²) >= 11 is 0. The second kappa shape index (κ2) is 8.34. The first kappa shape index (κ1) is 13.8. The van der Waals surface area contributed by atoms with Crippen molar-refractivity contribution in [1.82, 2.24) is 0 Å². The van der Waals surface area contributed by atoms with Gasteiger partial charge in [-0.25, -0.2) is 0 Å². The van der Waals surface area contributed by atoms with Crippen LogP contribution in [-0.2, 0) is 0 Å². The maximum absolute atomic E-state index is 2.49. The van der Waals surface area contributed by atoms with Gasteiger partial charge in [0.15, 0.2) is 0 Å². The first-order chi connectivity index (χ1) is 3.93. The van der Waals surface area contributed by atoms with Crippen molar-refractivity contribution in [3.63, 3.8) is 0 Å². The predicted octanol–water partition coefficient (Wildman–Crippen LogP) is -0.586. The van der Waals surface area contributed by atoms with Gasteiger partial charge in [-0.15, -0.1) is 0 Å². The van der Waals surface area contributed by atoms with Gasteiger partial charge in [-0.2, -0.15) is 12.3 Å². The van der Waals surface area contributed by atoms with Crippen LogP contribution in [0.4, 0.5) is 0 Å². The van der Waals surface area contributed by atoms with Crippen molar-refractivity contribution in [3.05, 3.63) is 6.42 Å². The molecule has 0 aromatic carbocycles. The summed E-state index contributed by atoms with van der Waals surface area (Å²) in [7, 11) is 0. The first-order valence-corrected chi connectivity index (χ1v) is 3.77. The average molecular weight is 215 g/mol. The van der Waals surface area contributed by atoms with Gasteiger partial charge in [0.25, 0.3) is 0 Å². The molecule has 0 aromatic rings. The van der Waals surface area contributed by atoms with Crippen LogP contribution in [0.5, 0.6) is 0 Å². The van der Waals surface area contributed by atoms with E-state index in [0.717, 1.165) is 5.92 Å². The van der Waals surface area contributed by atoms with Crippen molar-refractivity contribution in [2.45, 2.75) is 39.0 Å². The van der Waals surface area contributed by atoms with E-state index in [-0.39, 0.29) is 40.0 Å². The smallest absolute Gasteiger partial charge is 1.00 e. The van der Waals surface area contributed by atoms with E-state index in [2.05, 4.69) is 13.3 Å². The maximum Gasteiger partial charge on any atom is 2.00 e. The SMILES string of the molecule is CCC1[CH-]CCCC1.[Br-].[Mg+2]. The molecule has 0 aliphatic heterocycles. The first-order valence-electron chi connectivity index (χ1n) is 3.77. The van der Waals surface area contributed by atoms with Gasteiger partial charge < -0.3 is 23.4 Å². The van der Waals surface area contributed by atoms with Gasteiger partial charge in [0, 0.05) is 0 Å². The number of hydrogen-bond acceptors (Lipinski definition) is 0. The average Bonchev–Trinajstić information content (AvgIpc) is 1.90. The van der Waals surface area contributed by atoms with Crippen molar-refractivity contribution in [1.29, 1.82) is 0 Å². The second-order valence-corrected chi connectivity index (χ2v) is 2.69. The Morgan fingerprint density at radius 3 is 2.40 bits per heavy atom. The van der Waals surface area contributed by atoms with Gasteiger partial charge in [0.2, 0.25) is 0 Å². The molecule has 0 radical (unpaired) electrons. The minimum atomic E-state index is 0. The zero-order chi connectivity index (χ0) is 5.82. The Morgan fingerprint density at radius 1 is 1.40 bits per heavy atom. The van der Waals surface area contributed by atoms with E-state index in [0.29, 0.717) is 0 Å². The van der Waals surface area contributed by atoms with Crippen LogP contribution in [0.25, 0.3) is 0 Å². The van der Waals surface area contributed by atoms with E-state index in [4.69, 9.17) is 0 Å². The zero-order valence-electron chi connectivity index (χ0n) is 6.78. The van der Waals surface area contributed by atoms with Crippen molar-refractivity contribution in [2.24, 2.45) is 5.92 Å². The summed E-state index contributed by atoms with van der Waals surface area (Å²) in [6.45, 7) is 2.28. The number of halogens is 1. The van der Waals surface area contributed by atoms with Crippen LogP contribution in [0.3, 0.4) is 0 Å². The maximum atomic E-state index is 2.49. The molecule has 1 atom stereocenters. The molecule has 56 valence electrons. The standard InChI is InChI=1S/C8H15.BrH.Mg/c1-2-8-6-4-3-5-7-8;;/h6,8H,2-5,7H2,1H3;1H;/q-1;;+2/p-1. The molecule has 1 aliphatic carbocycles. The van der Waals surface area contributed by atoms with Crippen molar-refractivity contribution in [2.75, 3.05) is 0 Å². The van der Waals surface area contributed by atoms with Crippen molar-refractivity contribution >= 4 is 23.1 Å². The fraction of sp³-hybridized carbons (Fsp3) is 0.875. The molecule has 1 saturated carbocycles. The van der Waals surface area contributed by atoms with Crippen LogP contribution >= 0.6 is 0 Å². The largest absolute Gasteiger partial charge is 2.00 e. The minimum Gasteiger partial charge on any atom is -1.00 e. The molecule has 0 spiro atoms. The van der Waals surface area contributed by atoms with Gasteiger partial charge in [-0.3, -0.25) is 0 Å². The Bertz CT molecular complexity index is 60.3. The fourth-order valence-electron chi connectivity index (χ4n) is 1.39. The summed E-state index contributed by atoms with van der Waals surface area (Å²) in [5, 5.41) is 0. The summed E-state index contributed by atoms with van der Waals surface area (Å²) in [5.74, 6) is 0.962. The Morgan fingerprint density at radius 2 is 2.10 bits per heavy atom. The third kappa shape index (κ3) is 4.97. The molecule has 0 heterocycles. The molecule has 10 heavy (non-hydrogen) atoms. The third-order valence-corrected chi connectivity index (χ3v) is 2.05. The normalized spacial score (nSPS) is 24.3. The quantitative estimate of drug-likeness (QED) is 0.405. The van der Waals surface area contributed by atoms with Crippen molar-refractivity contribution < 1.29 is 17.0 Å². The van der Waals surface area contributed by atoms with E-state index in [1.54, 1.807) is 0 Å². The summed E-state index contributed by atoms with van der Waals surface area (Å²) in [6.07, 6.45) is 9.59. The van der Waals surface area contributed by atoms with E-state index in [1.165, 1.54) is 32.1 Å². The van der Waals surface area contributed by atoms with Gasteiger partial charge >= 0.3 is 23.1 Å². The molecule has 1 fully saturated rings. The zero-order valence-corrected chi connectivity index (χ0v) is 9.78. The molecule has 0 nitrogen and oxygen atoms in total. The molecule has 0 bridgehead atoms. The molecule has 0 N–H and O–H groups in total. The molecule has 1 aliphatic rings. The van der Waals surface area contributed by atoms with Gasteiger partial charge in [-0.05, 0) is 0 Å². The van der Waals surface area contributed by atoms with E-state index < -0.39 is 0 Å². The Hall–Kier alpha value is 1.25. The van der Waals surface area contributed by atoms with Gasteiger partial charge in [-0.1, -0.05) is 32.6 Å². The van der Waals surface area contributed by atoms with Crippen LogP contribution in [0.1, 0.15) is 39.0 Å². The Labute approximate surface area is 91.1 Å². The summed E-state index contributed by atoms with van der Waals surface area (Å²) in [5.41, 5.74) is 0. The van der Waals surface area contributed by atoms with E-state index in [1.807, 2.05) is 0 Å². The number of hydrogen-bond donors (Lipinski definition) is 0. The van der Waals surface area contributed by atoms with Gasteiger partial charge in [0.05, 0.1) is 0 Å². The van der Waals surface area contributed by atoms with Crippen LogP contribution in [-0.4, -0.2) is 23.1 Å². The Kier molecular flexibility index (Phi) is 11.5. The summed E-state index contributed by atoms with van der Waals surface area (Å²) < 4.78 is 0. The number of rotatable bonds is 1. The molecule has 0 amide bonds. The second-order valence-electron chi connectivity index (χ2n) is 2.69. The molecule has 0 saturated heterocycles. The fourth-order valence-corrected chi connectivity index (χ4v) is 1.39. The summed E-state index contributed by atoms with van der Waals surface area (Å²) in [4.78, 5) is 0. The van der Waals surface area contributed by atoms with Crippen molar-refractivity contribution in [3.8, 4) is 0 Å². The molecular weight excluding hydrogens is 200 g/mol. The van der Waals surface area contributed by atoms with Crippen LogP contribution < -0.4 is 17.0 Å². The van der Waals surface area contributed by atoms with Crippen LogP contribution in [0.15, 0.2) is 0 Å². The van der Waals surface area contributed by atoms with E-state index >= 15 is 0 Å². The molecule has 2 heteroatoms. The predicted molar refractivity (Wildman–Crippen MR) is 42.3 cm³/mol. The molecule has 1 rings (SSSR count). The van der Waals surface area contributed by atoms with Crippen LogP contribution in [0.2, 0.25) is 0 Å². The minimum absolute atomic E-state index is 0. The van der Waals surface area contributed by atoms with Gasteiger partial charge in [0.1, 0.15) is 0 Å². The van der Waals surface area contributed by atoms with E-state index in [9.17, 15) is 0 Å². The van der Waals surface area contributed by atoms with Crippen LogP contribution in [0, 0.1) is 12.3 Å². The summed E-state index contributed by atoms with van der Waals surface area (Å²) in [6, 6.07) is 0. The molecule has 1 unspecified atom stereocenters. The molecular formula is C8H15BrMg. The topological polar surface area (TPSA) is 0 Å². The monoisotopic (exact) mass is 214 g/mol. The molecule has 0 aromatic heterocycles.